The molecule has 0 radical (unpaired) electrons. The molecule has 2 rings (SSSR count). The number of nitrogens with zero attached hydrogens (tertiary/aromatic N) is 5. The molecular weight excluding hydrogens is 296 g/mol. The first-order valence-electron chi connectivity index (χ1n) is 6.14. The van der Waals surface area contributed by atoms with Gasteiger partial charge in [-0.3, -0.25) is 0 Å². The van der Waals surface area contributed by atoms with Crippen molar-refractivity contribution in [2.24, 2.45) is 4.99 Å². The summed E-state index contributed by atoms with van der Waals surface area (Å²) in [5.74, 6) is 0.581. The third-order valence-corrected chi connectivity index (χ3v) is 3.45. The van der Waals surface area contributed by atoms with Gasteiger partial charge in [-0.25, -0.2) is 28.7 Å². The topological polar surface area (TPSA) is 54.3 Å². The van der Waals surface area contributed by atoms with Gasteiger partial charge >= 0.3 is 0 Å². The molecule has 0 aromatic carbocycles. The molecule has 0 aliphatic rings. The lowest BCUT2D eigenvalue weighted by Crippen LogP contribution is -2.18. The fourth-order valence-electron chi connectivity index (χ4n) is 1.56. The second kappa shape index (κ2) is 6.30. The minimum Gasteiger partial charge on any atom is -0.366 e. The van der Waals surface area contributed by atoms with E-state index in [0.717, 1.165) is 0 Å². The predicted octanol–water partition coefficient (Wildman–Crippen LogP) is 3.30. The van der Waals surface area contributed by atoms with Crippen molar-refractivity contribution in [3.8, 4) is 0 Å². The van der Waals surface area contributed by atoms with Crippen LogP contribution < -0.4 is 0 Å². The molecule has 2 aromatic rings. The quantitative estimate of drug-likeness (QED) is 0.377. The van der Waals surface area contributed by atoms with Gasteiger partial charge in [0.1, 0.15) is 5.84 Å². The standard InChI is InChI=1S/C13H15F2N5S/c1-7(20(2)3)17-12-9(10(14)15)5-8-6-16-13(21-4)19-11(8)18-12/h5-6,10H,1-4H3/b17-7+. The molecule has 0 N–H and O–H groups in total. The van der Waals surface area contributed by atoms with Crippen molar-refractivity contribution >= 4 is 34.4 Å². The van der Waals surface area contributed by atoms with Crippen molar-refractivity contribution in [1.82, 2.24) is 19.9 Å². The lowest BCUT2D eigenvalue weighted by atomic mass is 10.2. The summed E-state index contributed by atoms with van der Waals surface area (Å²) in [7, 11) is 3.58. The summed E-state index contributed by atoms with van der Waals surface area (Å²) in [5, 5.41) is 1.02. The molecule has 21 heavy (non-hydrogen) atoms. The Morgan fingerprint density at radius 2 is 2.05 bits per heavy atom. The lowest BCUT2D eigenvalue weighted by molar-refractivity contribution is 0.152. The van der Waals surface area contributed by atoms with Crippen LogP contribution in [0.5, 0.6) is 0 Å². The second-order valence-corrected chi connectivity index (χ2v) is 5.30. The van der Waals surface area contributed by atoms with Gasteiger partial charge in [0.2, 0.25) is 0 Å². The summed E-state index contributed by atoms with van der Waals surface area (Å²) < 4.78 is 26.4. The number of pyridine rings is 1. The molecule has 0 spiro atoms. The molecule has 5 nitrogen and oxygen atoms in total. The SMILES string of the molecule is CSc1ncc2cc(C(F)F)c(/N=C(\C)N(C)C)nc2n1. The fourth-order valence-corrected chi connectivity index (χ4v) is 1.89. The van der Waals surface area contributed by atoms with Gasteiger partial charge in [-0.1, -0.05) is 11.8 Å². The number of aliphatic imine (C=N–C) groups is 1. The maximum absolute atomic E-state index is 13.2. The van der Waals surface area contributed by atoms with Crippen LogP contribution in [0.2, 0.25) is 0 Å². The van der Waals surface area contributed by atoms with Crippen LogP contribution in [-0.4, -0.2) is 46.0 Å². The Kier molecular flexibility index (Phi) is 4.66. The van der Waals surface area contributed by atoms with E-state index in [4.69, 9.17) is 0 Å². The Labute approximate surface area is 125 Å². The highest BCUT2D eigenvalue weighted by molar-refractivity contribution is 7.98. The van der Waals surface area contributed by atoms with Crippen LogP contribution in [0, 0.1) is 0 Å². The van der Waals surface area contributed by atoms with Gasteiger partial charge in [0, 0.05) is 25.7 Å². The highest BCUT2D eigenvalue weighted by Crippen LogP contribution is 2.30. The van der Waals surface area contributed by atoms with Crippen LogP contribution in [0.15, 0.2) is 22.4 Å². The van der Waals surface area contributed by atoms with Crippen molar-refractivity contribution in [3.63, 3.8) is 0 Å². The first-order valence-corrected chi connectivity index (χ1v) is 7.37. The van der Waals surface area contributed by atoms with Crippen molar-refractivity contribution in [2.75, 3.05) is 20.4 Å². The summed E-state index contributed by atoms with van der Waals surface area (Å²) in [6, 6.07) is 1.35. The highest BCUT2D eigenvalue weighted by atomic mass is 32.2. The molecule has 0 aliphatic heterocycles. The number of hydrogen-bond acceptors (Lipinski definition) is 5. The van der Waals surface area contributed by atoms with E-state index in [9.17, 15) is 8.78 Å². The van der Waals surface area contributed by atoms with Gasteiger partial charge in [0.15, 0.2) is 16.6 Å². The van der Waals surface area contributed by atoms with Crippen LogP contribution in [0.3, 0.4) is 0 Å². The number of hydrogen-bond donors (Lipinski definition) is 0. The normalized spacial score (nSPS) is 12.2. The van der Waals surface area contributed by atoms with E-state index in [1.165, 1.54) is 24.0 Å². The first-order chi connectivity index (χ1) is 9.92. The van der Waals surface area contributed by atoms with Crippen LogP contribution in [0.4, 0.5) is 14.6 Å². The second-order valence-electron chi connectivity index (χ2n) is 4.52. The molecule has 0 saturated heterocycles. The Hall–Kier alpha value is -1.83. The average Bonchev–Trinajstić information content (AvgIpc) is 2.45. The number of thioether (sulfide) groups is 1. The predicted molar refractivity (Wildman–Crippen MR) is 80.5 cm³/mol. The highest BCUT2D eigenvalue weighted by Gasteiger charge is 2.17. The average molecular weight is 311 g/mol. The summed E-state index contributed by atoms with van der Waals surface area (Å²) in [6.07, 6.45) is 0.680. The van der Waals surface area contributed by atoms with Gasteiger partial charge in [0.05, 0.1) is 5.56 Å². The molecule has 0 unspecified atom stereocenters. The van der Waals surface area contributed by atoms with E-state index >= 15 is 0 Å². The Balaban J connectivity index is 2.65. The molecule has 8 heteroatoms. The maximum atomic E-state index is 13.2. The van der Waals surface area contributed by atoms with Gasteiger partial charge in [-0.2, -0.15) is 0 Å². The van der Waals surface area contributed by atoms with E-state index < -0.39 is 6.43 Å². The van der Waals surface area contributed by atoms with E-state index in [0.29, 0.717) is 22.0 Å². The molecule has 0 saturated carbocycles. The summed E-state index contributed by atoms with van der Waals surface area (Å²) in [6.45, 7) is 1.73. The van der Waals surface area contributed by atoms with Crippen LogP contribution in [-0.2, 0) is 0 Å². The van der Waals surface area contributed by atoms with Gasteiger partial charge in [-0.05, 0) is 19.2 Å². The van der Waals surface area contributed by atoms with Crippen molar-refractivity contribution in [1.29, 1.82) is 0 Å². The van der Waals surface area contributed by atoms with Crippen LogP contribution in [0.1, 0.15) is 18.9 Å². The minimum absolute atomic E-state index is 0.00514. The van der Waals surface area contributed by atoms with E-state index in [1.807, 2.05) is 6.26 Å². The monoisotopic (exact) mass is 311 g/mol. The molecule has 0 atom stereocenters. The number of fused-ring (bicyclic) bond motifs is 1. The molecular formula is C13H15F2N5S. The van der Waals surface area contributed by atoms with Gasteiger partial charge in [-0.15, -0.1) is 0 Å². The summed E-state index contributed by atoms with van der Waals surface area (Å²) in [5.41, 5.74) is 0.147. The summed E-state index contributed by atoms with van der Waals surface area (Å²) in [4.78, 5) is 18.4. The van der Waals surface area contributed by atoms with Crippen LogP contribution >= 0.6 is 11.8 Å². The third kappa shape index (κ3) is 3.44. The molecule has 112 valence electrons. The van der Waals surface area contributed by atoms with Crippen LogP contribution in [0.25, 0.3) is 11.0 Å². The minimum atomic E-state index is -2.66. The number of amidine groups is 1. The Morgan fingerprint density at radius 1 is 1.33 bits per heavy atom. The van der Waals surface area contributed by atoms with Crippen molar-refractivity contribution in [2.45, 2.75) is 18.5 Å². The largest absolute Gasteiger partial charge is 0.366 e. The zero-order valence-electron chi connectivity index (χ0n) is 12.1. The van der Waals surface area contributed by atoms with E-state index in [2.05, 4.69) is 19.9 Å². The van der Waals surface area contributed by atoms with Crippen molar-refractivity contribution < 1.29 is 8.78 Å². The fraction of sp³-hybridized carbons (Fsp3) is 0.385. The smallest absolute Gasteiger partial charge is 0.267 e. The maximum Gasteiger partial charge on any atom is 0.267 e. The zero-order chi connectivity index (χ0) is 15.6. The Bertz CT molecular complexity index is 688. The van der Waals surface area contributed by atoms with Gasteiger partial charge < -0.3 is 4.90 Å². The molecule has 0 amide bonds. The third-order valence-electron chi connectivity index (χ3n) is 2.89. The number of aromatic nitrogens is 3. The summed E-state index contributed by atoms with van der Waals surface area (Å²) >= 11 is 1.36. The number of alkyl halides is 2. The molecule has 0 bridgehead atoms. The van der Waals surface area contributed by atoms with E-state index in [1.54, 1.807) is 25.9 Å². The first kappa shape index (κ1) is 15.6. The lowest BCUT2D eigenvalue weighted by Gasteiger charge is -2.12. The Morgan fingerprint density at radius 3 is 2.62 bits per heavy atom. The number of rotatable bonds is 3. The van der Waals surface area contributed by atoms with Gasteiger partial charge in [0.25, 0.3) is 6.43 Å². The number of halogens is 2. The van der Waals surface area contributed by atoms with Crippen molar-refractivity contribution in [3.05, 3.63) is 17.8 Å². The molecule has 0 aliphatic carbocycles. The van der Waals surface area contributed by atoms with E-state index in [-0.39, 0.29) is 11.4 Å². The molecule has 2 aromatic heterocycles. The molecule has 0 fully saturated rings. The zero-order valence-corrected chi connectivity index (χ0v) is 12.9. The molecule has 2 heterocycles.